The first-order chi connectivity index (χ1) is 24.0. The van der Waals surface area contributed by atoms with E-state index < -0.39 is 12.1 Å². The van der Waals surface area contributed by atoms with Gasteiger partial charge >= 0.3 is 6.09 Å². The molecule has 2 amide bonds. The third-order valence-corrected chi connectivity index (χ3v) is 11.3. The summed E-state index contributed by atoms with van der Waals surface area (Å²) in [7, 11) is 1.29. The minimum atomic E-state index is -0.852. The molecular weight excluding hydrogens is 653 g/mol. The van der Waals surface area contributed by atoms with E-state index in [9.17, 15) is 9.59 Å². The maximum atomic E-state index is 13.8. The number of alkyl carbamates (subject to hydrolysis) is 1. The molecule has 3 N–H and O–H groups in total. The number of fused-ring (bicyclic) bond motifs is 1. The molecule has 4 aromatic heterocycles. The second-order valence-corrected chi connectivity index (χ2v) is 14.1. The lowest BCUT2D eigenvalue weighted by molar-refractivity contribution is -0.134. The molecule has 244 valence electrons. The number of carbonyl (C=O) groups excluding carboxylic acids is 2. The first-order valence-electron chi connectivity index (χ1n) is 16.0. The van der Waals surface area contributed by atoms with E-state index in [1.807, 2.05) is 59.0 Å². The molecule has 2 atom stereocenters. The van der Waals surface area contributed by atoms with Gasteiger partial charge in [0.2, 0.25) is 0 Å². The number of thiophene rings is 2. The van der Waals surface area contributed by atoms with Gasteiger partial charge < -0.3 is 24.9 Å². The molecule has 1 aliphatic rings. The summed E-state index contributed by atoms with van der Waals surface area (Å²) in [6, 6.07) is 29.8. The monoisotopic (exact) mass is 684 g/mol. The summed E-state index contributed by atoms with van der Waals surface area (Å²) >= 11 is 3.62. The molecule has 8 rings (SSSR count). The zero-order chi connectivity index (χ0) is 33.3. The number of carbonyl (C=O) groups is 2. The highest BCUT2D eigenvalue weighted by Crippen LogP contribution is 2.42. The second kappa shape index (κ2) is 13.2. The van der Waals surface area contributed by atoms with Crippen molar-refractivity contribution in [2.75, 3.05) is 13.7 Å². The van der Waals surface area contributed by atoms with E-state index in [1.165, 1.54) is 37.4 Å². The third kappa shape index (κ3) is 6.14. The van der Waals surface area contributed by atoms with Crippen LogP contribution in [0, 0.1) is 0 Å². The Labute approximate surface area is 290 Å². The molecule has 9 nitrogen and oxygen atoms in total. The summed E-state index contributed by atoms with van der Waals surface area (Å²) in [6.07, 6.45) is 6.34. The summed E-state index contributed by atoms with van der Waals surface area (Å²) < 4.78 is 7.38. The Hall–Kier alpha value is -5.52. The molecule has 5 heterocycles. The molecular formula is C38H32N6O3S2. The Bertz CT molecular complexity index is 2190. The Kier molecular flexibility index (Phi) is 8.28. The molecule has 3 aromatic carbocycles. The number of benzene rings is 3. The van der Waals surface area contributed by atoms with Crippen LogP contribution < -0.4 is 5.32 Å². The minimum absolute atomic E-state index is 0.187. The molecule has 0 aliphatic carbocycles. The molecule has 0 radical (unpaired) electrons. The summed E-state index contributed by atoms with van der Waals surface area (Å²) in [5.74, 6) is 0.549. The zero-order valence-electron chi connectivity index (χ0n) is 26.6. The number of aromatic nitrogens is 4. The average Bonchev–Trinajstić information content (AvgIpc) is 3.98. The van der Waals surface area contributed by atoms with E-state index in [0.29, 0.717) is 12.1 Å². The van der Waals surface area contributed by atoms with E-state index in [4.69, 9.17) is 9.72 Å². The quantitative estimate of drug-likeness (QED) is 0.148. The fourth-order valence-electron chi connectivity index (χ4n) is 6.41. The third-order valence-electron chi connectivity index (χ3n) is 8.94. The zero-order valence-corrected chi connectivity index (χ0v) is 28.2. The second-order valence-electron chi connectivity index (χ2n) is 11.9. The van der Waals surface area contributed by atoms with Gasteiger partial charge in [0.1, 0.15) is 11.9 Å². The van der Waals surface area contributed by atoms with Crippen LogP contribution in [-0.2, 0) is 9.53 Å². The van der Waals surface area contributed by atoms with Crippen molar-refractivity contribution in [1.82, 2.24) is 30.2 Å². The first kappa shape index (κ1) is 30.8. The van der Waals surface area contributed by atoms with Gasteiger partial charge in [-0.25, -0.2) is 14.8 Å². The number of rotatable bonds is 8. The number of likely N-dealkylation sites (tertiary alicyclic amines) is 1. The van der Waals surface area contributed by atoms with Crippen molar-refractivity contribution < 1.29 is 14.3 Å². The van der Waals surface area contributed by atoms with Crippen molar-refractivity contribution in [3.05, 3.63) is 121 Å². The molecule has 2 unspecified atom stereocenters. The highest BCUT2D eigenvalue weighted by atomic mass is 32.1. The van der Waals surface area contributed by atoms with Gasteiger partial charge in [-0.05, 0) is 52.8 Å². The molecule has 11 heteroatoms. The number of hydrogen-bond acceptors (Lipinski definition) is 7. The number of aromatic amines is 2. The molecule has 7 aromatic rings. The van der Waals surface area contributed by atoms with Gasteiger partial charge in [0.25, 0.3) is 5.91 Å². The molecule has 1 saturated heterocycles. The van der Waals surface area contributed by atoms with Crippen LogP contribution >= 0.6 is 22.7 Å². The van der Waals surface area contributed by atoms with Crippen LogP contribution in [-0.4, -0.2) is 50.5 Å². The van der Waals surface area contributed by atoms with E-state index in [2.05, 4.69) is 80.9 Å². The van der Waals surface area contributed by atoms with E-state index in [0.717, 1.165) is 41.2 Å². The smallest absolute Gasteiger partial charge is 0.407 e. The standard InChI is InChI=1S/C38H32N6O3S2/c1-47-38(46)43-35(27-6-3-2-4-7-27)37(45)44-17-5-8-30(44)36-40-21-29(42-36)24-11-15-26(16-12-24)32-19-34-33(49-32)18-31(48-34)25-13-9-23(10-14-25)28-20-39-22-41-28/h2-4,6-7,9-16,18-22,30,35H,5,8,17H2,1H3,(H,39,41)(H,40,42)(H,43,46). The van der Waals surface area contributed by atoms with Crippen molar-refractivity contribution in [2.45, 2.75) is 24.9 Å². The van der Waals surface area contributed by atoms with Crippen LogP contribution in [0.2, 0.25) is 0 Å². The minimum Gasteiger partial charge on any atom is -0.453 e. The van der Waals surface area contributed by atoms with Crippen molar-refractivity contribution in [3.63, 3.8) is 0 Å². The Morgan fingerprint density at radius 1 is 0.857 bits per heavy atom. The van der Waals surface area contributed by atoms with Gasteiger partial charge in [0.05, 0.1) is 43.3 Å². The van der Waals surface area contributed by atoms with Crippen LogP contribution in [0.1, 0.15) is 36.3 Å². The molecule has 1 fully saturated rings. The van der Waals surface area contributed by atoms with Gasteiger partial charge in [-0.1, -0.05) is 78.9 Å². The first-order valence-corrected chi connectivity index (χ1v) is 17.7. The topological polar surface area (TPSA) is 116 Å². The number of methoxy groups -OCH3 is 1. The summed E-state index contributed by atoms with van der Waals surface area (Å²) in [5, 5.41) is 2.72. The highest BCUT2D eigenvalue weighted by Gasteiger charge is 2.37. The van der Waals surface area contributed by atoms with Crippen LogP contribution in [0.4, 0.5) is 4.79 Å². The summed E-state index contributed by atoms with van der Waals surface area (Å²) in [4.78, 5) is 45.7. The number of hydrogen-bond donors (Lipinski definition) is 3. The van der Waals surface area contributed by atoms with Crippen LogP contribution in [0.25, 0.3) is 52.8 Å². The predicted molar refractivity (Wildman–Crippen MR) is 194 cm³/mol. The lowest BCUT2D eigenvalue weighted by Crippen LogP contribution is -2.42. The van der Waals surface area contributed by atoms with Crippen molar-refractivity contribution >= 4 is 44.1 Å². The molecule has 0 spiro atoms. The largest absolute Gasteiger partial charge is 0.453 e. The van der Waals surface area contributed by atoms with E-state index in [1.54, 1.807) is 17.7 Å². The fraction of sp³-hybridized carbons (Fsp3) is 0.158. The van der Waals surface area contributed by atoms with Gasteiger partial charge in [-0.3, -0.25) is 4.79 Å². The Morgan fingerprint density at radius 2 is 1.49 bits per heavy atom. The fourth-order valence-corrected chi connectivity index (χ4v) is 8.81. The Balaban J connectivity index is 0.969. The highest BCUT2D eigenvalue weighted by molar-refractivity contribution is 7.31. The molecule has 0 saturated carbocycles. The maximum Gasteiger partial charge on any atom is 0.407 e. The van der Waals surface area contributed by atoms with Gasteiger partial charge in [0.15, 0.2) is 0 Å². The lowest BCUT2D eigenvalue weighted by Gasteiger charge is -2.28. The number of imidazole rings is 2. The number of amides is 2. The SMILES string of the molecule is COC(=O)NC(C(=O)N1CCCC1c1ncc(-c2ccc(-c3cc4sc(-c5ccc(-c6cnc[nH]6)cc5)cc4s3)cc2)[nH]1)c1ccccc1. The number of nitrogens with zero attached hydrogens (tertiary/aromatic N) is 3. The summed E-state index contributed by atoms with van der Waals surface area (Å²) in [6.45, 7) is 0.582. The van der Waals surface area contributed by atoms with Crippen LogP contribution in [0.15, 0.2) is 110 Å². The van der Waals surface area contributed by atoms with E-state index >= 15 is 0 Å². The van der Waals surface area contributed by atoms with Gasteiger partial charge in [-0.15, -0.1) is 22.7 Å². The normalized spacial score (nSPS) is 15.0. The predicted octanol–water partition coefficient (Wildman–Crippen LogP) is 8.84. The van der Waals surface area contributed by atoms with Crippen molar-refractivity contribution in [3.8, 4) is 43.4 Å². The van der Waals surface area contributed by atoms with E-state index in [-0.39, 0.29) is 11.9 Å². The summed E-state index contributed by atoms with van der Waals surface area (Å²) in [5.41, 5.74) is 7.12. The molecule has 1 aliphatic heterocycles. The van der Waals surface area contributed by atoms with Crippen molar-refractivity contribution in [2.24, 2.45) is 0 Å². The number of nitrogens with one attached hydrogen (secondary N) is 3. The van der Waals surface area contributed by atoms with Gasteiger partial charge in [0, 0.05) is 25.7 Å². The van der Waals surface area contributed by atoms with Gasteiger partial charge in [-0.2, -0.15) is 0 Å². The Morgan fingerprint density at radius 3 is 2.10 bits per heavy atom. The van der Waals surface area contributed by atoms with Crippen LogP contribution in [0.5, 0.6) is 0 Å². The molecule has 49 heavy (non-hydrogen) atoms. The van der Waals surface area contributed by atoms with Crippen LogP contribution in [0.3, 0.4) is 0 Å². The molecule has 0 bridgehead atoms. The number of ether oxygens (including phenoxy) is 1. The van der Waals surface area contributed by atoms with Crippen molar-refractivity contribution in [1.29, 1.82) is 0 Å². The lowest BCUT2D eigenvalue weighted by atomic mass is 10.1. The number of H-pyrrole nitrogens is 2. The average molecular weight is 685 g/mol. The maximum absolute atomic E-state index is 13.8.